The van der Waals surface area contributed by atoms with E-state index in [1.807, 2.05) is 18.2 Å². The minimum Gasteiger partial charge on any atom is -0.484 e. The summed E-state index contributed by atoms with van der Waals surface area (Å²) in [7, 11) is 1.62. The number of hydrogen-bond donors (Lipinski definition) is 1. The van der Waals surface area contributed by atoms with Crippen molar-refractivity contribution in [1.29, 1.82) is 0 Å². The molecule has 0 saturated carbocycles. The maximum atomic E-state index is 12.1. The summed E-state index contributed by atoms with van der Waals surface area (Å²) in [5.74, 6) is 0.419. The highest BCUT2D eigenvalue weighted by Crippen LogP contribution is 2.08. The number of carbonyl (C=O) groups is 2. The van der Waals surface area contributed by atoms with E-state index in [-0.39, 0.29) is 37.4 Å². The summed E-state index contributed by atoms with van der Waals surface area (Å²) >= 11 is 0. The molecular weight excluding hydrogens is 306 g/mol. The second kappa shape index (κ2) is 9.27. The van der Waals surface area contributed by atoms with E-state index in [2.05, 4.69) is 5.32 Å². The average molecular weight is 328 g/mol. The third-order valence-electron chi connectivity index (χ3n) is 3.37. The maximum Gasteiger partial charge on any atom is 0.260 e. The van der Waals surface area contributed by atoms with Crippen LogP contribution in [0.3, 0.4) is 0 Å². The van der Waals surface area contributed by atoms with Crippen LogP contribution in [0.1, 0.15) is 0 Å². The van der Waals surface area contributed by atoms with Crippen molar-refractivity contribution in [2.24, 2.45) is 0 Å². The number of ether oxygens (including phenoxy) is 1. The van der Waals surface area contributed by atoms with Crippen LogP contribution in [0.4, 0.5) is 0 Å². The van der Waals surface area contributed by atoms with Gasteiger partial charge in [0.2, 0.25) is 5.91 Å². The molecule has 6 nitrogen and oxygen atoms in total. The smallest absolute Gasteiger partial charge is 0.260 e. The summed E-state index contributed by atoms with van der Waals surface area (Å²) in [5.41, 5.74) is 0. The molecule has 0 radical (unpaired) electrons. The molecule has 0 unspecified atom stereocenters. The molecule has 122 valence electrons. The highest BCUT2D eigenvalue weighted by molar-refractivity contribution is 5.85. The normalized spacial score (nSPS) is 14.0. The van der Waals surface area contributed by atoms with Crippen molar-refractivity contribution in [1.82, 2.24) is 15.1 Å². The number of carbonyl (C=O) groups excluding carboxylic acids is 2. The van der Waals surface area contributed by atoms with Crippen LogP contribution in [0.25, 0.3) is 0 Å². The van der Waals surface area contributed by atoms with Crippen LogP contribution in [0.15, 0.2) is 30.3 Å². The molecule has 1 saturated heterocycles. The molecule has 1 aliphatic rings. The fraction of sp³-hybridized carbons (Fsp3) is 0.467. The molecule has 2 rings (SSSR count). The highest BCUT2D eigenvalue weighted by Gasteiger charge is 2.20. The van der Waals surface area contributed by atoms with Crippen LogP contribution in [0, 0.1) is 0 Å². The number of likely N-dealkylation sites (N-methyl/N-ethyl adjacent to an activating group) is 1. The SMILES string of the molecule is CN(CC(=O)N1CCNCC1)C(=O)COc1ccccc1.Cl. The van der Waals surface area contributed by atoms with Gasteiger partial charge >= 0.3 is 0 Å². The van der Waals surface area contributed by atoms with Crippen LogP contribution in [0.2, 0.25) is 0 Å². The summed E-state index contributed by atoms with van der Waals surface area (Å²) in [6, 6.07) is 9.15. The van der Waals surface area contributed by atoms with E-state index in [0.29, 0.717) is 18.8 Å². The van der Waals surface area contributed by atoms with Gasteiger partial charge in [0.25, 0.3) is 5.91 Å². The zero-order valence-corrected chi connectivity index (χ0v) is 13.5. The Morgan fingerprint density at radius 2 is 1.86 bits per heavy atom. The lowest BCUT2D eigenvalue weighted by atomic mass is 10.3. The summed E-state index contributed by atoms with van der Waals surface area (Å²) in [6.07, 6.45) is 0. The van der Waals surface area contributed by atoms with Crippen molar-refractivity contribution in [2.75, 3.05) is 46.4 Å². The van der Waals surface area contributed by atoms with Crippen molar-refractivity contribution in [3.05, 3.63) is 30.3 Å². The Morgan fingerprint density at radius 3 is 2.50 bits per heavy atom. The molecule has 2 amide bonds. The first-order valence-corrected chi connectivity index (χ1v) is 7.07. The van der Waals surface area contributed by atoms with E-state index < -0.39 is 0 Å². The third-order valence-corrected chi connectivity index (χ3v) is 3.37. The molecule has 1 aromatic rings. The predicted octanol–water partition coefficient (Wildman–Crippen LogP) is 0.377. The quantitative estimate of drug-likeness (QED) is 0.849. The Balaban J connectivity index is 0.00000242. The fourth-order valence-electron chi connectivity index (χ4n) is 2.08. The van der Waals surface area contributed by atoms with Gasteiger partial charge in [-0.1, -0.05) is 18.2 Å². The van der Waals surface area contributed by atoms with Gasteiger partial charge in [-0.3, -0.25) is 9.59 Å². The van der Waals surface area contributed by atoms with Gasteiger partial charge in [-0.25, -0.2) is 0 Å². The van der Waals surface area contributed by atoms with Gasteiger partial charge in [0.05, 0.1) is 6.54 Å². The molecule has 0 aromatic heterocycles. The van der Waals surface area contributed by atoms with Gasteiger partial charge in [-0.2, -0.15) is 0 Å². The zero-order chi connectivity index (χ0) is 15.1. The number of benzene rings is 1. The van der Waals surface area contributed by atoms with Crippen molar-refractivity contribution in [3.63, 3.8) is 0 Å². The number of halogens is 1. The third kappa shape index (κ3) is 5.54. The summed E-state index contributed by atoms with van der Waals surface area (Å²) in [5, 5.41) is 3.19. The summed E-state index contributed by atoms with van der Waals surface area (Å²) in [4.78, 5) is 27.2. The van der Waals surface area contributed by atoms with Gasteiger partial charge < -0.3 is 19.9 Å². The molecule has 22 heavy (non-hydrogen) atoms. The molecule has 0 spiro atoms. The minimum absolute atomic E-state index is 0. The van der Waals surface area contributed by atoms with E-state index in [0.717, 1.165) is 13.1 Å². The predicted molar refractivity (Wildman–Crippen MR) is 86.3 cm³/mol. The highest BCUT2D eigenvalue weighted by atomic mass is 35.5. The van der Waals surface area contributed by atoms with Gasteiger partial charge in [0.1, 0.15) is 5.75 Å². The molecule has 0 aliphatic carbocycles. The number of piperazine rings is 1. The number of para-hydroxylation sites is 1. The first-order valence-electron chi connectivity index (χ1n) is 7.07. The van der Waals surface area contributed by atoms with Gasteiger partial charge in [-0.15, -0.1) is 12.4 Å². The number of nitrogens with one attached hydrogen (secondary N) is 1. The number of amides is 2. The fourth-order valence-corrected chi connectivity index (χ4v) is 2.08. The van der Waals surface area contributed by atoms with Crippen molar-refractivity contribution in [3.8, 4) is 5.75 Å². The van der Waals surface area contributed by atoms with Crippen molar-refractivity contribution in [2.45, 2.75) is 0 Å². The largest absolute Gasteiger partial charge is 0.484 e. The van der Waals surface area contributed by atoms with Crippen molar-refractivity contribution >= 4 is 24.2 Å². The topological polar surface area (TPSA) is 61.9 Å². The monoisotopic (exact) mass is 327 g/mol. The van der Waals surface area contributed by atoms with Crippen LogP contribution in [-0.2, 0) is 9.59 Å². The van der Waals surface area contributed by atoms with E-state index in [1.165, 1.54) is 4.90 Å². The second-order valence-corrected chi connectivity index (χ2v) is 4.98. The molecule has 1 aliphatic heterocycles. The van der Waals surface area contributed by atoms with Crippen LogP contribution < -0.4 is 10.1 Å². The molecule has 1 N–H and O–H groups in total. The summed E-state index contributed by atoms with van der Waals surface area (Å²) < 4.78 is 5.39. The molecule has 0 bridgehead atoms. The zero-order valence-electron chi connectivity index (χ0n) is 12.7. The van der Waals surface area contributed by atoms with Crippen LogP contribution >= 0.6 is 12.4 Å². The number of rotatable bonds is 5. The average Bonchev–Trinajstić information content (AvgIpc) is 2.54. The minimum atomic E-state index is -0.206. The second-order valence-electron chi connectivity index (χ2n) is 4.98. The first kappa shape index (κ1) is 18.3. The maximum absolute atomic E-state index is 12.1. The van der Waals surface area contributed by atoms with E-state index in [9.17, 15) is 9.59 Å². The molecule has 1 heterocycles. The first-order chi connectivity index (χ1) is 10.2. The Morgan fingerprint density at radius 1 is 1.23 bits per heavy atom. The Bertz CT molecular complexity index is 478. The standard InChI is InChI=1S/C15H21N3O3.ClH/c1-17(11-14(19)18-9-7-16-8-10-18)15(20)12-21-13-5-3-2-4-6-13;/h2-6,16H,7-12H2,1H3;1H. The van der Waals surface area contributed by atoms with Gasteiger partial charge in [0.15, 0.2) is 6.61 Å². The molecule has 0 atom stereocenters. The Labute approximate surface area is 136 Å². The molecule has 7 heteroatoms. The van der Waals surface area contributed by atoms with E-state index >= 15 is 0 Å². The molecule has 1 fully saturated rings. The Hall–Kier alpha value is -1.79. The van der Waals surface area contributed by atoms with E-state index in [1.54, 1.807) is 24.1 Å². The lowest BCUT2D eigenvalue weighted by molar-refractivity contribution is -0.140. The lowest BCUT2D eigenvalue weighted by Gasteiger charge is -2.29. The van der Waals surface area contributed by atoms with Gasteiger partial charge in [-0.05, 0) is 12.1 Å². The van der Waals surface area contributed by atoms with Crippen LogP contribution in [0.5, 0.6) is 5.75 Å². The molecule has 1 aromatic carbocycles. The Kier molecular flexibility index (Phi) is 7.70. The lowest BCUT2D eigenvalue weighted by Crippen LogP contribution is -2.50. The molecular formula is C15H22ClN3O3. The number of hydrogen-bond acceptors (Lipinski definition) is 4. The van der Waals surface area contributed by atoms with Crippen LogP contribution in [-0.4, -0.2) is 68.0 Å². The number of nitrogens with zero attached hydrogens (tertiary/aromatic N) is 2. The van der Waals surface area contributed by atoms with Crippen molar-refractivity contribution < 1.29 is 14.3 Å². The summed E-state index contributed by atoms with van der Waals surface area (Å²) in [6.45, 7) is 3.04. The van der Waals surface area contributed by atoms with Gasteiger partial charge in [0, 0.05) is 33.2 Å². The van der Waals surface area contributed by atoms with E-state index in [4.69, 9.17) is 4.74 Å².